The predicted molar refractivity (Wildman–Crippen MR) is 88.6 cm³/mol. The summed E-state index contributed by atoms with van der Waals surface area (Å²) >= 11 is 0. The van der Waals surface area contributed by atoms with E-state index in [2.05, 4.69) is 6.92 Å². The molecular formula is C19H27NO4. The van der Waals surface area contributed by atoms with Gasteiger partial charge in [-0.15, -0.1) is 0 Å². The van der Waals surface area contributed by atoms with Gasteiger partial charge in [0.25, 0.3) is 0 Å². The zero-order valence-electron chi connectivity index (χ0n) is 14.5. The molecule has 132 valence electrons. The SMILES string of the molecule is C[C@@H]1CC2=CC(=O)CC[C@@H]2C2CC[C@@]3(C)[C@@H](CC[C@@]3(O)[N+](=O)[O-])[C@@H]21. The van der Waals surface area contributed by atoms with Crippen molar-refractivity contribution in [1.29, 1.82) is 0 Å². The quantitative estimate of drug-likeness (QED) is 0.453. The third kappa shape index (κ3) is 1.94. The zero-order valence-corrected chi connectivity index (χ0v) is 14.5. The van der Waals surface area contributed by atoms with Crippen molar-refractivity contribution in [2.45, 2.75) is 64.5 Å². The molecule has 0 radical (unpaired) electrons. The maximum Gasteiger partial charge on any atom is 0.327 e. The molecule has 4 rings (SSSR count). The summed E-state index contributed by atoms with van der Waals surface area (Å²) in [6.45, 7) is 4.19. The number of nitro groups is 1. The highest BCUT2D eigenvalue weighted by atomic mass is 16.7. The van der Waals surface area contributed by atoms with E-state index in [9.17, 15) is 20.0 Å². The molecule has 0 bridgehead atoms. The van der Waals surface area contributed by atoms with Crippen LogP contribution in [0, 0.1) is 45.1 Å². The summed E-state index contributed by atoms with van der Waals surface area (Å²) in [6, 6.07) is 0. The number of nitrogens with zero attached hydrogens (tertiary/aromatic N) is 1. The van der Waals surface area contributed by atoms with E-state index >= 15 is 0 Å². The Kier molecular flexibility index (Phi) is 3.48. The van der Waals surface area contributed by atoms with Gasteiger partial charge in [-0.3, -0.25) is 14.9 Å². The molecule has 0 aromatic heterocycles. The van der Waals surface area contributed by atoms with Crippen LogP contribution in [0.2, 0.25) is 0 Å². The lowest BCUT2D eigenvalue weighted by atomic mass is 9.49. The Hall–Kier alpha value is -1.23. The Labute approximate surface area is 142 Å². The molecule has 3 saturated carbocycles. The van der Waals surface area contributed by atoms with Crippen LogP contribution < -0.4 is 0 Å². The molecule has 0 aromatic rings. The number of ketones is 1. The van der Waals surface area contributed by atoms with Crippen molar-refractivity contribution < 1.29 is 14.8 Å². The van der Waals surface area contributed by atoms with Crippen molar-refractivity contribution >= 4 is 5.78 Å². The van der Waals surface area contributed by atoms with E-state index in [-0.39, 0.29) is 18.1 Å². The molecule has 1 unspecified atom stereocenters. The fraction of sp³-hybridized carbons (Fsp3) is 0.842. The topological polar surface area (TPSA) is 80.4 Å². The first-order valence-electron chi connectivity index (χ1n) is 9.38. The Morgan fingerprint density at radius 3 is 2.75 bits per heavy atom. The predicted octanol–water partition coefficient (Wildman–Crippen LogP) is 3.34. The lowest BCUT2D eigenvalue weighted by Gasteiger charge is -2.55. The summed E-state index contributed by atoms with van der Waals surface area (Å²) in [7, 11) is 0. The summed E-state index contributed by atoms with van der Waals surface area (Å²) < 4.78 is 0. The van der Waals surface area contributed by atoms with Crippen LogP contribution in [0.5, 0.6) is 0 Å². The molecule has 0 aliphatic heterocycles. The van der Waals surface area contributed by atoms with Gasteiger partial charge in [0.15, 0.2) is 5.78 Å². The fourth-order valence-electron chi connectivity index (χ4n) is 6.88. The summed E-state index contributed by atoms with van der Waals surface area (Å²) in [5.41, 5.74) is -1.05. The smallest absolute Gasteiger partial charge is 0.327 e. The molecule has 7 atom stereocenters. The highest BCUT2D eigenvalue weighted by molar-refractivity contribution is 5.91. The summed E-state index contributed by atoms with van der Waals surface area (Å²) in [6.07, 6.45) is 7.12. The van der Waals surface area contributed by atoms with E-state index in [0.717, 1.165) is 32.1 Å². The van der Waals surface area contributed by atoms with Crippen molar-refractivity contribution in [3.8, 4) is 0 Å². The summed E-state index contributed by atoms with van der Waals surface area (Å²) in [4.78, 5) is 23.0. The van der Waals surface area contributed by atoms with Crippen molar-refractivity contribution in [1.82, 2.24) is 0 Å². The first kappa shape index (κ1) is 16.2. The van der Waals surface area contributed by atoms with Gasteiger partial charge < -0.3 is 5.11 Å². The molecule has 4 aliphatic carbocycles. The van der Waals surface area contributed by atoms with E-state index in [1.807, 2.05) is 13.0 Å². The molecule has 0 aromatic carbocycles. The molecule has 5 heteroatoms. The minimum Gasteiger partial charge on any atom is -0.330 e. The Bertz CT molecular complexity index is 629. The van der Waals surface area contributed by atoms with E-state index in [0.29, 0.717) is 30.1 Å². The second kappa shape index (κ2) is 5.13. The van der Waals surface area contributed by atoms with Gasteiger partial charge in [-0.25, -0.2) is 0 Å². The average molecular weight is 333 g/mol. The van der Waals surface area contributed by atoms with E-state index in [4.69, 9.17) is 0 Å². The number of aliphatic hydroxyl groups is 1. The molecule has 0 saturated heterocycles. The molecule has 5 nitrogen and oxygen atoms in total. The molecule has 3 fully saturated rings. The number of hydrogen-bond acceptors (Lipinski definition) is 4. The van der Waals surface area contributed by atoms with E-state index < -0.39 is 16.1 Å². The third-order valence-corrected chi connectivity index (χ3v) is 8.05. The van der Waals surface area contributed by atoms with Gasteiger partial charge in [-0.1, -0.05) is 12.5 Å². The lowest BCUT2D eigenvalue weighted by molar-refractivity contribution is -0.646. The van der Waals surface area contributed by atoms with Crippen molar-refractivity contribution in [3.05, 3.63) is 21.8 Å². The normalized spacial score (nSPS) is 50.5. The number of carbonyl (C=O) groups excluding carboxylic acids is 1. The average Bonchev–Trinajstić information content (AvgIpc) is 2.80. The van der Waals surface area contributed by atoms with Crippen LogP contribution in [0.1, 0.15) is 58.8 Å². The number of carbonyl (C=O) groups is 1. The van der Waals surface area contributed by atoms with E-state index in [1.54, 1.807) is 0 Å². The maximum absolute atomic E-state index is 11.8. The first-order chi connectivity index (χ1) is 11.3. The lowest BCUT2D eigenvalue weighted by Crippen LogP contribution is -2.57. The molecule has 0 spiro atoms. The molecule has 0 heterocycles. The van der Waals surface area contributed by atoms with Crippen LogP contribution in [0.3, 0.4) is 0 Å². The van der Waals surface area contributed by atoms with Crippen molar-refractivity contribution in [2.24, 2.45) is 35.0 Å². The van der Waals surface area contributed by atoms with Crippen LogP contribution in [0.25, 0.3) is 0 Å². The number of rotatable bonds is 1. The molecule has 0 amide bonds. The van der Waals surface area contributed by atoms with Gasteiger partial charge in [0.2, 0.25) is 0 Å². The van der Waals surface area contributed by atoms with Crippen LogP contribution in [-0.4, -0.2) is 21.5 Å². The Morgan fingerprint density at radius 1 is 1.29 bits per heavy atom. The van der Waals surface area contributed by atoms with Crippen LogP contribution in [0.4, 0.5) is 0 Å². The highest BCUT2D eigenvalue weighted by Crippen LogP contribution is 2.65. The highest BCUT2D eigenvalue weighted by Gasteiger charge is 2.69. The minimum absolute atomic E-state index is 0.223. The standard InChI is InChI=1S/C19H27NO4/c1-11-9-12-10-13(21)3-4-14(12)15-5-7-18(2)16(17(11)15)6-8-19(18,22)20(23)24/h10-11,14-17,22H,3-9H2,1-2H3/t11-,14+,15?,16+,17-,18+,19+/m1/s1. The van der Waals surface area contributed by atoms with Gasteiger partial charge in [0.1, 0.15) is 0 Å². The second-order valence-electron chi connectivity index (χ2n) is 8.93. The van der Waals surface area contributed by atoms with Gasteiger partial charge in [0.05, 0.1) is 10.3 Å². The van der Waals surface area contributed by atoms with Gasteiger partial charge in [0, 0.05) is 12.8 Å². The molecule has 24 heavy (non-hydrogen) atoms. The Balaban J connectivity index is 1.70. The van der Waals surface area contributed by atoms with E-state index in [1.165, 1.54) is 5.57 Å². The molecule has 1 N–H and O–H groups in total. The van der Waals surface area contributed by atoms with Gasteiger partial charge in [-0.05, 0) is 74.7 Å². The number of fused-ring (bicyclic) bond motifs is 5. The maximum atomic E-state index is 11.8. The number of allylic oxidation sites excluding steroid dienone is 1. The largest absolute Gasteiger partial charge is 0.330 e. The zero-order chi connectivity index (χ0) is 17.3. The molecule has 4 aliphatic rings. The summed E-state index contributed by atoms with van der Waals surface area (Å²) in [5, 5.41) is 22.4. The van der Waals surface area contributed by atoms with Crippen molar-refractivity contribution in [2.75, 3.05) is 0 Å². The molecular weight excluding hydrogens is 306 g/mol. The van der Waals surface area contributed by atoms with Gasteiger partial charge in [-0.2, -0.15) is 0 Å². The van der Waals surface area contributed by atoms with Crippen molar-refractivity contribution in [3.63, 3.8) is 0 Å². The first-order valence-corrected chi connectivity index (χ1v) is 9.38. The third-order valence-electron chi connectivity index (χ3n) is 8.05. The fourth-order valence-corrected chi connectivity index (χ4v) is 6.88. The van der Waals surface area contributed by atoms with Crippen LogP contribution in [-0.2, 0) is 4.79 Å². The number of hydrogen-bond donors (Lipinski definition) is 1. The van der Waals surface area contributed by atoms with Crippen LogP contribution >= 0.6 is 0 Å². The van der Waals surface area contributed by atoms with Crippen LogP contribution in [0.15, 0.2) is 11.6 Å². The Morgan fingerprint density at radius 2 is 2.04 bits per heavy atom. The monoisotopic (exact) mass is 333 g/mol. The van der Waals surface area contributed by atoms with Gasteiger partial charge >= 0.3 is 5.72 Å². The minimum atomic E-state index is -1.76. The summed E-state index contributed by atoms with van der Waals surface area (Å²) in [5.74, 6) is 2.37. The second-order valence-corrected chi connectivity index (χ2v) is 8.93.